The number of halogens is 1. The van der Waals surface area contributed by atoms with Gasteiger partial charge in [0.05, 0.1) is 15.9 Å². The van der Waals surface area contributed by atoms with Crippen LogP contribution in [-0.4, -0.2) is 10.3 Å². The zero-order valence-corrected chi connectivity index (χ0v) is 13.3. The molecule has 3 aromatic rings. The third-order valence-corrected chi connectivity index (χ3v) is 4.70. The highest BCUT2D eigenvalue weighted by molar-refractivity contribution is 7.16. The Balaban J connectivity index is 2.07. The van der Waals surface area contributed by atoms with Gasteiger partial charge in [-0.25, -0.2) is 0 Å². The number of nitrogens with zero attached hydrogens (tertiary/aromatic N) is 3. The van der Waals surface area contributed by atoms with E-state index in [1.807, 2.05) is 54.9 Å². The number of rotatable bonds is 2. The second-order valence-electron chi connectivity index (χ2n) is 4.68. The van der Waals surface area contributed by atoms with Crippen molar-refractivity contribution in [2.75, 3.05) is 0 Å². The average Bonchev–Trinajstić information content (AvgIpc) is 2.82. The molecule has 3 rings (SSSR count). The molecule has 0 aliphatic heterocycles. The lowest BCUT2D eigenvalue weighted by atomic mass is 10.1. The van der Waals surface area contributed by atoms with Gasteiger partial charge in [0.25, 0.3) is 0 Å². The molecule has 106 valence electrons. The number of aromatic nitrogens is 1. The van der Waals surface area contributed by atoms with Crippen LogP contribution in [0.25, 0.3) is 10.2 Å². The van der Waals surface area contributed by atoms with E-state index >= 15 is 0 Å². The minimum atomic E-state index is 0.690. The third-order valence-electron chi connectivity index (χ3n) is 3.26. The highest BCUT2D eigenvalue weighted by Gasteiger charge is 2.03. The molecule has 3 nitrogen and oxygen atoms in total. The Morgan fingerprint density at radius 3 is 2.57 bits per heavy atom. The molecule has 0 atom stereocenters. The van der Waals surface area contributed by atoms with Crippen LogP contribution in [0, 0.1) is 0 Å². The maximum absolute atomic E-state index is 6.17. The molecule has 21 heavy (non-hydrogen) atoms. The molecule has 5 heteroatoms. The third kappa shape index (κ3) is 2.77. The number of thiazole rings is 1. The van der Waals surface area contributed by atoms with Crippen LogP contribution in [0.15, 0.2) is 58.7 Å². The molecular weight excluding hydrogens is 302 g/mol. The molecule has 0 bridgehead atoms. The molecule has 0 unspecified atom stereocenters. The molecule has 2 aromatic carbocycles. The maximum Gasteiger partial charge on any atom is 0.211 e. The molecule has 0 aliphatic carbocycles. The fourth-order valence-electron chi connectivity index (χ4n) is 2.10. The fraction of sp³-hybridized carbons (Fsp3) is 0.125. The van der Waals surface area contributed by atoms with Crippen LogP contribution in [0.3, 0.4) is 0 Å². The van der Waals surface area contributed by atoms with Crippen molar-refractivity contribution in [2.45, 2.75) is 6.92 Å². The fourth-order valence-corrected chi connectivity index (χ4v) is 3.35. The van der Waals surface area contributed by atoms with E-state index in [2.05, 4.69) is 22.3 Å². The normalized spacial score (nSPS) is 13.1. The lowest BCUT2D eigenvalue weighted by Gasteiger charge is -2.00. The highest BCUT2D eigenvalue weighted by atomic mass is 35.5. The largest absolute Gasteiger partial charge is 0.318 e. The van der Waals surface area contributed by atoms with Crippen molar-refractivity contribution in [3.05, 3.63) is 63.9 Å². The van der Waals surface area contributed by atoms with Crippen molar-refractivity contribution in [3.8, 4) is 0 Å². The Labute approximate surface area is 131 Å². The number of para-hydroxylation sites is 1. The SMILES string of the molecule is C/C(=N\N=c1/sc2ccccc2n1C)c1ccccc1Cl. The Hall–Kier alpha value is -1.91. The number of hydrogen-bond donors (Lipinski definition) is 0. The lowest BCUT2D eigenvalue weighted by Crippen LogP contribution is -2.09. The summed E-state index contributed by atoms with van der Waals surface area (Å²) in [7, 11) is 2.00. The van der Waals surface area contributed by atoms with Crippen LogP contribution >= 0.6 is 22.9 Å². The first kappa shape index (κ1) is 14.0. The smallest absolute Gasteiger partial charge is 0.211 e. The first-order valence-corrected chi connectivity index (χ1v) is 7.74. The molecule has 0 N–H and O–H groups in total. The van der Waals surface area contributed by atoms with Gasteiger partial charge in [-0.05, 0) is 25.1 Å². The number of aryl methyl sites for hydroxylation is 1. The first-order valence-electron chi connectivity index (χ1n) is 6.54. The quantitative estimate of drug-likeness (QED) is 0.501. The summed E-state index contributed by atoms with van der Waals surface area (Å²) in [5, 5.41) is 9.39. The summed E-state index contributed by atoms with van der Waals surface area (Å²) in [6, 6.07) is 15.9. The van der Waals surface area contributed by atoms with Crippen LogP contribution in [0.4, 0.5) is 0 Å². The van der Waals surface area contributed by atoms with Crippen LogP contribution < -0.4 is 4.80 Å². The summed E-state index contributed by atoms with van der Waals surface area (Å²) in [4.78, 5) is 0.864. The van der Waals surface area contributed by atoms with E-state index in [4.69, 9.17) is 11.6 Å². The molecule has 0 spiro atoms. The monoisotopic (exact) mass is 315 g/mol. The Kier molecular flexibility index (Phi) is 3.90. The summed E-state index contributed by atoms with van der Waals surface area (Å²) in [6.07, 6.45) is 0. The minimum Gasteiger partial charge on any atom is -0.318 e. The summed E-state index contributed by atoms with van der Waals surface area (Å²) in [6.45, 7) is 1.91. The molecule has 1 heterocycles. The molecule has 0 saturated heterocycles. The van der Waals surface area contributed by atoms with E-state index < -0.39 is 0 Å². The molecular formula is C16H14ClN3S. The maximum atomic E-state index is 6.17. The first-order chi connectivity index (χ1) is 10.2. The molecule has 0 aliphatic rings. The van der Waals surface area contributed by atoms with Crippen molar-refractivity contribution >= 4 is 38.9 Å². The average molecular weight is 316 g/mol. The van der Waals surface area contributed by atoms with E-state index in [0.29, 0.717) is 5.02 Å². The summed E-state index contributed by atoms with van der Waals surface area (Å²) in [5.74, 6) is 0. The number of hydrogen-bond acceptors (Lipinski definition) is 3. The highest BCUT2D eigenvalue weighted by Crippen LogP contribution is 2.17. The van der Waals surface area contributed by atoms with Crippen molar-refractivity contribution in [3.63, 3.8) is 0 Å². The molecule has 1 aromatic heterocycles. The lowest BCUT2D eigenvalue weighted by molar-refractivity contribution is 0.888. The van der Waals surface area contributed by atoms with E-state index in [-0.39, 0.29) is 0 Å². The molecule has 0 radical (unpaired) electrons. The number of benzene rings is 2. The minimum absolute atomic E-state index is 0.690. The van der Waals surface area contributed by atoms with Crippen molar-refractivity contribution in [1.29, 1.82) is 0 Å². The van der Waals surface area contributed by atoms with E-state index in [1.54, 1.807) is 11.3 Å². The van der Waals surface area contributed by atoms with Gasteiger partial charge in [-0.2, -0.15) is 5.10 Å². The second kappa shape index (κ2) is 5.84. The Morgan fingerprint density at radius 2 is 1.81 bits per heavy atom. The van der Waals surface area contributed by atoms with Crippen LogP contribution in [0.5, 0.6) is 0 Å². The van der Waals surface area contributed by atoms with Crippen molar-refractivity contribution < 1.29 is 0 Å². The Morgan fingerprint density at radius 1 is 1.10 bits per heavy atom. The second-order valence-corrected chi connectivity index (χ2v) is 6.09. The zero-order chi connectivity index (χ0) is 14.8. The van der Waals surface area contributed by atoms with Crippen molar-refractivity contribution in [2.24, 2.45) is 17.3 Å². The number of fused-ring (bicyclic) bond motifs is 1. The molecule has 0 saturated carbocycles. The summed E-state index contributed by atoms with van der Waals surface area (Å²) >= 11 is 7.79. The van der Waals surface area contributed by atoms with Gasteiger partial charge in [-0.3, -0.25) is 0 Å². The predicted molar refractivity (Wildman–Crippen MR) is 90.0 cm³/mol. The summed E-state index contributed by atoms with van der Waals surface area (Å²) in [5.41, 5.74) is 2.87. The zero-order valence-electron chi connectivity index (χ0n) is 11.7. The van der Waals surface area contributed by atoms with Gasteiger partial charge in [0.2, 0.25) is 4.80 Å². The van der Waals surface area contributed by atoms with E-state index in [1.165, 1.54) is 4.70 Å². The van der Waals surface area contributed by atoms with Gasteiger partial charge >= 0.3 is 0 Å². The topological polar surface area (TPSA) is 29.6 Å². The van der Waals surface area contributed by atoms with Gasteiger partial charge in [0.1, 0.15) is 0 Å². The van der Waals surface area contributed by atoms with Crippen LogP contribution in [-0.2, 0) is 7.05 Å². The van der Waals surface area contributed by atoms with Crippen LogP contribution in [0.1, 0.15) is 12.5 Å². The summed E-state index contributed by atoms with van der Waals surface area (Å²) < 4.78 is 3.24. The Bertz CT molecular complexity index is 890. The van der Waals surface area contributed by atoms with Crippen molar-refractivity contribution in [1.82, 2.24) is 4.57 Å². The van der Waals surface area contributed by atoms with Gasteiger partial charge in [0, 0.05) is 17.6 Å². The van der Waals surface area contributed by atoms with E-state index in [9.17, 15) is 0 Å². The predicted octanol–water partition coefficient (Wildman–Crippen LogP) is 4.22. The standard InChI is InChI=1S/C16H14ClN3S/c1-11(12-7-3-4-8-13(12)17)18-19-16-20(2)14-9-5-6-10-15(14)21-16/h3-10H,1-2H3/b18-11+,19-16-. The van der Waals surface area contributed by atoms with Gasteiger partial charge in [-0.15, -0.1) is 5.10 Å². The molecule has 0 amide bonds. The van der Waals surface area contributed by atoms with Gasteiger partial charge < -0.3 is 4.57 Å². The molecule has 0 fully saturated rings. The van der Waals surface area contributed by atoms with Gasteiger partial charge in [0.15, 0.2) is 0 Å². The van der Waals surface area contributed by atoms with E-state index in [0.717, 1.165) is 21.6 Å². The van der Waals surface area contributed by atoms with Gasteiger partial charge in [-0.1, -0.05) is 53.3 Å². The van der Waals surface area contributed by atoms with Crippen LogP contribution in [0.2, 0.25) is 5.02 Å².